The highest BCUT2D eigenvalue weighted by molar-refractivity contribution is 7.10. The Balaban J connectivity index is 2.55. The van der Waals surface area contributed by atoms with Crippen LogP contribution in [-0.4, -0.2) is 19.0 Å². The highest BCUT2D eigenvalue weighted by Crippen LogP contribution is 2.13. The Morgan fingerprint density at radius 2 is 2.41 bits per heavy atom. The van der Waals surface area contributed by atoms with E-state index >= 15 is 0 Å². The summed E-state index contributed by atoms with van der Waals surface area (Å²) in [5.41, 5.74) is 5.97. The zero-order valence-electron chi connectivity index (χ0n) is 10.2. The number of hydrogen-bond donors (Lipinski definition) is 2. The lowest BCUT2D eigenvalue weighted by molar-refractivity contribution is 0.0948. The van der Waals surface area contributed by atoms with Crippen molar-refractivity contribution in [2.75, 3.05) is 13.1 Å². The molecule has 17 heavy (non-hydrogen) atoms. The average Bonchev–Trinajstić information content (AvgIpc) is 2.81. The smallest absolute Gasteiger partial charge is 0.252 e. The van der Waals surface area contributed by atoms with E-state index in [1.165, 1.54) is 11.3 Å². The van der Waals surface area contributed by atoms with E-state index in [0.29, 0.717) is 18.0 Å². The van der Waals surface area contributed by atoms with E-state index in [0.717, 1.165) is 17.8 Å². The summed E-state index contributed by atoms with van der Waals surface area (Å²) in [7, 11) is 0. The van der Waals surface area contributed by atoms with Gasteiger partial charge >= 0.3 is 0 Å². The minimum atomic E-state index is -0.0256. The molecule has 0 aliphatic heterocycles. The first kappa shape index (κ1) is 13.8. The van der Waals surface area contributed by atoms with Gasteiger partial charge in [0.15, 0.2) is 0 Å². The average molecular weight is 250 g/mol. The second kappa shape index (κ2) is 7.10. The summed E-state index contributed by atoms with van der Waals surface area (Å²) in [5.74, 6) is 6.17. The van der Waals surface area contributed by atoms with E-state index in [9.17, 15) is 4.79 Å². The number of nitrogens with one attached hydrogen (secondary N) is 1. The van der Waals surface area contributed by atoms with Crippen LogP contribution in [0.15, 0.2) is 11.4 Å². The minimum absolute atomic E-state index is 0.0256. The Bertz CT molecular complexity index is 428. The summed E-state index contributed by atoms with van der Waals surface area (Å²) in [4.78, 5) is 12.7. The molecule has 0 saturated heterocycles. The molecule has 1 aromatic heterocycles. The van der Waals surface area contributed by atoms with Crippen LogP contribution in [0.4, 0.5) is 0 Å². The van der Waals surface area contributed by atoms with Crippen LogP contribution in [-0.2, 0) is 0 Å². The zero-order valence-corrected chi connectivity index (χ0v) is 11.1. The molecule has 3 N–H and O–H groups in total. The Kier molecular flexibility index (Phi) is 5.75. The van der Waals surface area contributed by atoms with Gasteiger partial charge in [-0.3, -0.25) is 4.79 Å². The second-order valence-corrected chi connectivity index (χ2v) is 4.84. The van der Waals surface area contributed by atoms with Crippen molar-refractivity contribution in [1.82, 2.24) is 5.32 Å². The number of amides is 1. The Morgan fingerprint density at radius 1 is 1.65 bits per heavy atom. The van der Waals surface area contributed by atoms with Gasteiger partial charge in [0, 0.05) is 11.9 Å². The maximum absolute atomic E-state index is 11.8. The highest BCUT2D eigenvalue weighted by atomic mass is 32.1. The maximum Gasteiger partial charge on any atom is 0.252 e. The van der Waals surface area contributed by atoms with E-state index in [4.69, 9.17) is 5.73 Å². The van der Waals surface area contributed by atoms with Gasteiger partial charge in [-0.2, -0.15) is 0 Å². The predicted octanol–water partition coefficient (Wildman–Crippen LogP) is 1.83. The molecular weight excluding hydrogens is 232 g/mol. The molecule has 0 spiro atoms. The van der Waals surface area contributed by atoms with E-state index in [-0.39, 0.29) is 5.91 Å². The molecular formula is C13H18N2OS. The molecule has 0 bridgehead atoms. The Morgan fingerprint density at radius 3 is 3.06 bits per heavy atom. The third-order valence-electron chi connectivity index (χ3n) is 2.48. The fourth-order valence-electron chi connectivity index (χ4n) is 1.17. The predicted molar refractivity (Wildman–Crippen MR) is 72.0 cm³/mol. The first-order valence-corrected chi connectivity index (χ1v) is 6.61. The van der Waals surface area contributed by atoms with Crippen LogP contribution < -0.4 is 11.1 Å². The van der Waals surface area contributed by atoms with Crippen molar-refractivity contribution in [2.24, 2.45) is 11.7 Å². The zero-order chi connectivity index (χ0) is 12.7. The minimum Gasteiger partial charge on any atom is -0.352 e. The topological polar surface area (TPSA) is 55.1 Å². The van der Waals surface area contributed by atoms with Crippen molar-refractivity contribution in [2.45, 2.75) is 20.3 Å². The van der Waals surface area contributed by atoms with E-state index in [1.54, 1.807) is 6.07 Å². The first-order valence-electron chi connectivity index (χ1n) is 5.73. The lowest BCUT2D eigenvalue weighted by Crippen LogP contribution is -2.27. The molecule has 0 aliphatic carbocycles. The van der Waals surface area contributed by atoms with Gasteiger partial charge in [0.05, 0.1) is 17.0 Å². The van der Waals surface area contributed by atoms with E-state index < -0.39 is 0 Å². The quantitative estimate of drug-likeness (QED) is 0.801. The monoisotopic (exact) mass is 250 g/mol. The van der Waals surface area contributed by atoms with Crippen molar-refractivity contribution in [3.63, 3.8) is 0 Å². The third-order valence-corrected chi connectivity index (χ3v) is 3.33. The number of carbonyl (C=O) groups excluding carboxylic acids is 1. The summed E-state index contributed by atoms with van der Waals surface area (Å²) in [6.07, 6.45) is 1.07. The number of hydrogen-bond acceptors (Lipinski definition) is 3. The Labute approximate surface area is 106 Å². The Hall–Kier alpha value is -1.31. The SMILES string of the molecule is CCC(C)CNC(=O)c1csc(C#CCN)c1. The maximum atomic E-state index is 11.8. The van der Waals surface area contributed by atoms with Crippen molar-refractivity contribution in [3.05, 3.63) is 21.9 Å². The van der Waals surface area contributed by atoms with Crippen molar-refractivity contribution < 1.29 is 4.79 Å². The molecule has 1 amide bonds. The summed E-state index contributed by atoms with van der Waals surface area (Å²) >= 11 is 1.47. The lowest BCUT2D eigenvalue weighted by atomic mass is 10.1. The third kappa shape index (κ3) is 4.59. The summed E-state index contributed by atoms with van der Waals surface area (Å²) in [5, 5.41) is 4.74. The van der Waals surface area contributed by atoms with Crippen LogP contribution >= 0.6 is 11.3 Å². The molecule has 0 aromatic carbocycles. The molecule has 1 unspecified atom stereocenters. The van der Waals surface area contributed by atoms with Crippen LogP contribution in [0, 0.1) is 17.8 Å². The van der Waals surface area contributed by atoms with Crippen molar-refractivity contribution in [3.8, 4) is 11.8 Å². The standard InChI is InChI=1S/C13H18N2OS/c1-3-10(2)8-15-13(16)11-7-12(17-9-11)5-4-6-14/h7,9-10H,3,6,8,14H2,1-2H3,(H,15,16). The summed E-state index contributed by atoms with van der Waals surface area (Å²) in [6, 6.07) is 1.80. The molecule has 1 aromatic rings. The van der Waals surface area contributed by atoms with Crippen LogP contribution in [0.5, 0.6) is 0 Å². The van der Waals surface area contributed by atoms with Gasteiger partial charge in [0.1, 0.15) is 0 Å². The normalized spacial score (nSPS) is 11.5. The molecule has 0 saturated carbocycles. The van der Waals surface area contributed by atoms with Crippen molar-refractivity contribution in [1.29, 1.82) is 0 Å². The van der Waals surface area contributed by atoms with Gasteiger partial charge in [-0.15, -0.1) is 11.3 Å². The van der Waals surface area contributed by atoms with Gasteiger partial charge in [0.25, 0.3) is 5.91 Å². The molecule has 1 heterocycles. The van der Waals surface area contributed by atoms with Gasteiger partial charge in [-0.05, 0) is 12.0 Å². The lowest BCUT2D eigenvalue weighted by Gasteiger charge is -2.08. The molecule has 92 valence electrons. The first-order chi connectivity index (χ1) is 8.17. The van der Waals surface area contributed by atoms with Gasteiger partial charge < -0.3 is 11.1 Å². The number of thiophene rings is 1. The molecule has 0 radical (unpaired) electrons. The van der Waals surface area contributed by atoms with E-state index in [2.05, 4.69) is 31.0 Å². The van der Waals surface area contributed by atoms with Gasteiger partial charge in [-0.25, -0.2) is 0 Å². The molecule has 0 aliphatic rings. The molecule has 0 fully saturated rings. The van der Waals surface area contributed by atoms with Crippen LogP contribution in [0.1, 0.15) is 35.5 Å². The number of rotatable bonds is 4. The van der Waals surface area contributed by atoms with Gasteiger partial charge in [0.2, 0.25) is 0 Å². The fourth-order valence-corrected chi connectivity index (χ4v) is 1.93. The molecule has 1 rings (SSSR count). The number of nitrogens with two attached hydrogens (primary N) is 1. The molecule has 1 atom stereocenters. The van der Waals surface area contributed by atoms with Crippen molar-refractivity contribution >= 4 is 17.2 Å². The summed E-state index contributed by atoms with van der Waals surface area (Å²) < 4.78 is 0. The fraction of sp³-hybridized carbons (Fsp3) is 0.462. The second-order valence-electron chi connectivity index (χ2n) is 3.93. The van der Waals surface area contributed by atoms with Crippen LogP contribution in [0.2, 0.25) is 0 Å². The van der Waals surface area contributed by atoms with Crippen LogP contribution in [0.25, 0.3) is 0 Å². The molecule has 3 nitrogen and oxygen atoms in total. The highest BCUT2D eigenvalue weighted by Gasteiger charge is 2.08. The van der Waals surface area contributed by atoms with Gasteiger partial charge in [-0.1, -0.05) is 32.1 Å². The van der Waals surface area contributed by atoms with Crippen LogP contribution in [0.3, 0.4) is 0 Å². The summed E-state index contributed by atoms with van der Waals surface area (Å²) in [6.45, 7) is 5.29. The number of carbonyl (C=O) groups is 1. The largest absolute Gasteiger partial charge is 0.352 e. The van der Waals surface area contributed by atoms with E-state index in [1.807, 2.05) is 5.38 Å². The molecule has 4 heteroatoms.